The molecule has 24 heavy (non-hydrogen) atoms. The average molecular weight is 381 g/mol. The van der Waals surface area contributed by atoms with Crippen molar-refractivity contribution in [3.8, 4) is 0 Å². The van der Waals surface area contributed by atoms with Crippen LogP contribution < -0.4 is 5.32 Å². The average Bonchev–Trinajstić information content (AvgIpc) is 2.87. The van der Waals surface area contributed by atoms with E-state index in [1.807, 2.05) is 28.8 Å². The van der Waals surface area contributed by atoms with Crippen molar-refractivity contribution in [2.24, 2.45) is 0 Å². The van der Waals surface area contributed by atoms with Crippen LogP contribution in [0.5, 0.6) is 0 Å². The fourth-order valence-corrected chi connectivity index (χ4v) is 2.91. The molecule has 3 rings (SSSR count). The summed E-state index contributed by atoms with van der Waals surface area (Å²) in [6.45, 7) is 0.306. The van der Waals surface area contributed by atoms with Crippen LogP contribution in [0.15, 0.2) is 48.7 Å². The van der Waals surface area contributed by atoms with E-state index in [0.717, 1.165) is 11.2 Å². The number of amides is 1. The first-order valence-electron chi connectivity index (χ1n) is 7.07. The minimum atomic E-state index is -0.261. The van der Waals surface area contributed by atoms with Crippen molar-refractivity contribution < 1.29 is 4.79 Å². The Kier molecular flexibility index (Phi) is 5.09. The number of hydrogen-bond donors (Lipinski definition) is 1. The van der Waals surface area contributed by atoms with Crippen LogP contribution in [0.3, 0.4) is 0 Å². The fraction of sp³-hybridized carbons (Fsp3) is 0.0588. The molecular weight excluding hydrogens is 369 g/mol. The van der Waals surface area contributed by atoms with Gasteiger partial charge in [-0.25, -0.2) is 4.98 Å². The molecule has 122 valence electrons. The van der Waals surface area contributed by atoms with Crippen molar-refractivity contribution in [2.45, 2.75) is 6.54 Å². The molecule has 0 atom stereocenters. The summed E-state index contributed by atoms with van der Waals surface area (Å²) >= 11 is 18.0. The summed E-state index contributed by atoms with van der Waals surface area (Å²) in [4.78, 5) is 16.2. The zero-order valence-electron chi connectivity index (χ0n) is 12.3. The van der Waals surface area contributed by atoms with Gasteiger partial charge in [-0.15, -0.1) is 0 Å². The van der Waals surface area contributed by atoms with Crippen LogP contribution in [0, 0.1) is 0 Å². The van der Waals surface area contributed by atoms with Gasteiger partial charge in [0.2, 0.25) is 5.91 Å². The summed E-state index contributed by atoms with van der Waals surface area (Å²) in [6, 6.07) is 10.7. The lowest BCUT2D eigenvalue weighted by molar-refractivity contribution is -0.116. The van der Waals surface area contributed by atoms with Crippen molar-refractivity contribution >= 4 is 52.4 Å². The van der Waals surface area contributed by atoms with Gasteiger partial charge in [0.25, 0.3) is 0 Å². The number of rotatable bonds is 4. The van der Waals surface area contributed by atoms with Crippen LogP contribution in [0.1, 0.15) is 11.3 Å². The number of benzene rings is 1. The van der Waals surface area contributed by atoms with Gasteiger partial charge >= 0.3 is 0 Å². The molecule has 4 nitrogen and oxygen atoms in total. The molecule has 1 N–H and O–H groups in total. The normalized spacial score (nSPS) is 11.3. The third-order valence-corrected chi connectivity index (χ3v) is 4.25. The predicted molar refractivity (Wildman–Crippen MR) is 97.5 cm³/mol. The van der Waals surface area contributed by atoms with E-state index in [-0.39, 0.29) is 5.91 Å². The van der Waals surface area contributed by atoms with Crippen LogP contribution in [-0.2, 0) is 11.3 Å². The third kappa shape index (κ3) is 3.73. The van der Waals surface area contributed by atoms with Gasteiger partial charge in [-0.3, -0.25) is 9.20 Å². The maximum absolute atomic E-state index is 12.0. The lowest BCUT2D eigenvalue weighted by atomic mass is 10.2. The Morgan fingerprint density at radius 1 is 1.21 bits per heavy atom. The predicted octanol–water partition coefficient (Wildman–Crippen LogP) is 4.62. The molecular formula is C17H12Cl3N3O. The highest BCUT2D eigenvalue weighted by atomic mass is 35.5. The van der Waals surface area contributed by atoms with Gasteiger partial charge < -0.3 is 5.32 Å². The molecule has 2 heterocycles. The van der Waals surface area contributed by atoms with E-state index in [4.69, 9.17) is 34.8 Å². The molecule has 1 aromatic carbocycles. The lowest BCUT2D eigenvalue weighted by Gasteiger charge is -2.05. The van der Waals surface area contributed by atoms with E-state index < -0.39 is 0 Å². The number of fused-ring (bicyclic) bond motifs is 1. The maximum Gasteiger partial charge on any atom is 0.244 e. The Morgan fingerprint density at radius 3 is 2.83 bits per heavy atom. The molecule has 0 bridgehead atoms. The number of hydrogen-bond acceptors (Lipinski definition) is 2. The molecule has 2 aromatic heterocycles. The molecule has 7 heteroatoms. The number of aromatic nitrogens is 2. The number of nitrogens with one attached hydrogen (secondary N) is 1. The number of halogens is 3. The molecule has 0 aliphatic carbocycles. The van der Waals surface area contributed by atoms with E-state index in [0.29, 0.717) is 27.4 Å². The summed E-state index contributed by atoms with van der Waals surface area (Å²) < 4.78 is 1.81. The summed E-state index contributed by atoms with van der Waals surface area (Å²) in [7, 11) is 0. The molecule has 0 saturated carbocycles. The van der Waals surface area contributed by atoms with Gasteiger partial charge in [-0.05, 0) is 35.9 Å². The Bertz CT molecular complexity index is 934. The molecule has 0 spiro atoms. The van der Waals surface area contributed by atoms with Gasteiger partial charge in [-0.1, -0.05) is 46.9 Å². The van der Waals surface area contributed by atoms with Gasteiger partial charge in [0, 0.05) is 28.9 Å². The van der Waals surface area contributed by atoms with Crippen LogP contribution >= 0.6 is 34.8 Å². The topological polar surface area (TPSA) is 46.4 Å². The zero-order valence-corrected chi connectivity index (χ0v) is 14.6. The van der Waals surface area contributed by atoms with E-state index in [1.54, 1.807) is 24.3 Å². The first-order chi connectivity index (χ1) is 11.5. The monoisotopic (exact) mass is 379 g/mol. The van der Waals surface area contributed by atoms with Crippen molar-refractivity contribution in [3.05, 3.63) is 75.1 Å². The minimum absolute atomic E-state index is 0.261. The molecule has 0 radical (unpaired) electrons. The van der Waals surface area contributed by atoms with Crippen molar-refractivity contribution in [1.29, 1.82) is 0 Å². The molecule has 0 unspecified atom stereocenters. The van der Waals surface area contributed by atoms with Crippen LogP contribution in [-0.4, -0.2) is 15.3 Å². The van der Waals surface area contributed by atoms with E-state index in [9.17, 15) is 4.79 Å². The van der Waals surface area contributed by atoms with Gasteiger partial charge in [0.15, 0.2) is 5.15 Å². The second kappa shape index (κ2) is 7.26. The number of carbonyl (C=O) groups is 1. The largest absolute Gasteiger partial charge is 0.348 e. The smallest absolute Gasteiger partial charge is 0.244 e. The Hall–Kier alpha value is -2.01. The summed E-state index contributed by atoms with van der Waals surface area (Å²) in [5.74, 6) is -0.261. The Balaban J connectivity index is 1.70. The lowest BCUT2D eigenvalue weighted by Crippen LogP contribution is -2.20. The summed E-state index contributed by atoms with van der Waals surface area (Å²) in [5.41, 5.74) is 2.15. The van der Waals surface area contributed by atoms with E-state index >= 15 is 0 Å². The van der Waals surface area contributed by atoms with Crippen molar-refractivity contribution in [2.75, 3.05) is 0 Å². The first kappa shape index (κ1) is 16.8. The quantitative estimate of drug-likeness (QED) is 0.671. The second-order valence-corrected chi connectivity index (χ2v) is 6.21. The SMILES string of the molecule is O=C(/C=C/c1c(Cl)nc2ccccn12)NCc1ccc(Cl)cc1Cl. The Morgan fingerprint density at radius 2 is 2.04 bits per heavy atom. The number of nitrogens with zero attached hydrogens (tertiary/aromatic N) is 2. The zero-order chi connectivity index (χ0) is 17.1. The highest BCUT2D eigenvalue weighted by molar-refractivity contribution is 6.35. The van der Waals surface area contributed by atoms with E-state index in [1.165, 1.54) is 6.08 Å². The van der Waals surface area contributed by atoms with E-state index in [2.05, 4.69) is 10.3 Å². The van der Waals surface area contributed by atoms with Gasteiger partial charge in [0.1, 0.15) is 5.65 Å². The Labute approximate surface area is 153 Å². The maximum atomic E-state index is 12.0. The highest BCUT2D eigenvalue weighted by Crippen LogP contribution is 2.21. The fourth-order valence-electron chi connectivity index (χ4n) is 2.20. The highest BCUT2D eigenvalue weighted by Gasteiger charge is 2.07. The van der Waals surface area contributed by atoms with Crippen LogP contribution in [0.4, 0.5) is 0 Å². The standard InChI is InChI=1S/C17H12Cl3N3O/c18-12-5-4-11(13(19)9-12)10-21-16(24)7-6-14-17(20)22-15-3-1-2-8-23(14)15/h1-9H,10H2,(H,21,24)/b7-6+. The summed E-state index contributed by atoms with van der Waals surface area (Å²) in [5, 5.41) is 4.17. The molecule has 1 amide bonds. The molecule has 3 aromatic rings. The molecule has 0 aliphatic heterocycles. The van der Waals surface area contributed by atoms with Crippen molar-refractivity contribution in [3.63, 3.8) is 0 Å². The molecule has 0 saturated heterocycles. The number of carbonyl (C=O) groups excluding carboxylic acids is 1. The van der Waals surface area contributed by atoms with Crippen LogP contribution in [0.2, 0.25) is 15.2 Å². The first-order valence-corrected chi connectivity index (χ1v) is 8.20. The van der Waals surface area contributed by atoms with Crippen molar-refractivity contribution in [1.82, 2.24) is 14.7 Å². The van der Waals surface area contributed by atoms with Gasteiger partial charge in [0.05, 0.1) is 5.69 Å². The van der Waals surface area contributed by atoms with Crippen LogP contribution in [0.25, 0.3) is 11.7 Å². The number of imidazole rings is 1. The third-order valence-electron chi connectivity index (χ3n) is 3.38. The number of pyridine rings is 1. The van der Waals surface area contributed by atoms with Gasteiger partial charge in [-0.2, -0.15) is 0 Å². The molecule has 0 fully saturated rings. The second-order valence-electron chi connectivity index (χ2n) is 5.00. The summed E-state index contributed by atoms with van der Waals surface area (Å²) in [6.07, 6.45) is 4.87. The minimum Gasteiger partial charge on any atom is -0.348 e. The molecule has 0 aliphatic rings.